The van der Waals surface area contributed by atoms with Crippen LogP contribution in [0.5, 0.6) is 0 Å². The molecule has 0 spiro atoms. The molecule has 1 aliphatic rings. The number of hydrogen-bond acceptors (Lipinski definition) is 0. The van der Waals surface area contributed by atoms with Gasteiger partial charge >= 0.3 is 0 Å². The first kappa shape index (κ1) is 6.60. The van der Waals surface area contributed by atoms with Crippen LogP contribution in [0.15, 0.2) is 0 Å². The summed E-state index contributed by atoms with van der Waals surface area (Å²) in [5, 5.41) is 0. The van der Waals surface area contributed by atoms with Crippen molar-refractivity contribution in [2.75, 3.05) is 0 Å². The predicted octanol–water partition coefficient (Wildman–Crippen LogP) is 2.96. The molecule has 0 aromatic rings. The molecule has 8 heavy (non-hydrogen) atoms. The summed E-state index contributed by atoms with van der Waals surface area (Å²) in [5.41, 5.74) is 0. The number of halogens is 1. The van der Waals surface area contributed by atoms with Gasteiger partial charge in [-0.3, -0.25) is 0 Å². The Morgan fingerprint density at radius 2 is 1.88 bits per heavy atom. The average Bonchev–Trinajstić information content (AvgIpc) is 2.12. The Bertz CT molecular complexity index is 62.8. The van der Waals surface area contributed by atoms with Crippen molar-refractivity contribution in [2.45, 2.75) is 37.4 Å². The van der Waals surface area contributed by atoms with Gasteiger partial charge in [-0.05, 0) is 18.8 Å². The molecule has 1 atom stereocenters. The molecule has 0 aliphatic heterocycles. The van der Waals surface area contributed by atoms with E-state index in [9.17, 15) is 0 Å². The molecule has 0 N–H and O–H groups in total. The summed E-state index contributed by atoms with van der Waals surface area (Å²) in [5.74, 6) is 0.981. The molecule has 0 amide bonds. The third-order valence-electron chi connectivity index (χ3n) is 2.05. The molecule has 1 saturated carbocycles. The predicted molar refractivity (Wildman–Crippen MR) is 40.3 cm³/mol. The second kappa shape index (κ2) is 2.86. The maximum Gasteiger partial charge on any atom is 0.0145 e. The molecule has 1 heteroatoms. The van der Waals surface area contributed by atoms with Crippen LogP contribution in [0.3, 0.4) is 0 Å². The third-order valence-corrected chi connectivity index (χ3v) is 2.80. The molecule has 0 radical (unpaired) electrons. The largest absolute Gasteiger partial charge is 0.0891 e. The summed E-state index contributed by atoms with van der Waals surface area (Å²) in [6.07, 6.45) is 5.82. The van der Waals surface area contributed by atoms with Crippen LogP contribution in [0.1, 0.15) is 32.6 Å². The van der Waals surface area contributed by atoms with Crippen LogP contribution in [0.2, 0.25) is 0 Å². The van der Waals surface area contributed by atoms with Crippen molar-refractivity contribution in [1.82, 2.24) is 0 Å². The zero-order chi connectivity index (χ0) is 5.98. The quantitative estimate of drug-likeness (QED) is 0.540. The van der Waals surface area contributed by atoms with Crippen LogP contribution in [-0.2, 0) is 0 Å². The lowest BCUT2D eigenvalue weighted by Gasteiger charge is -2.09. The van der Waals surface area contributed by atoms with Crippen molar-refractivity contribution < 1.29 is 0 Å². The summed E-state index contributed by atoms with van der Waals surface area (Å²) in [6.45, 7) is 2.26. The van der Waals surface area contributed by atoms with E-state index >= 15 is 0 Å². The van der Waals surface area contributed by atoms with Gasteiger partial charge in [-0.15, -0.1) is 0 Å². The van der Waals surface area contributed by atoms with Gasteiger partial charge in [0.25, 0.3) is 0 Å². The molecular weight excluding hydrogens is 164 g/mol. The Morgan fingerprint density at radius 1 is 1.38 bits per heavy atom. The number of hydrogen-bond donors (Lipinski definition) is 0. The Balaban J connectivity index is 2.24. The van der Waals surface area contributed by atoms with Crippen molar-refractivity contribution in [1.29, 1.82) is 0 Å². The van der Waals surface area contributed by atoms with E-state index in [1.165, 1.54) is 25.7 Å². The Labute approximate surface area is 59.8 Å². The zero-order valence-electron chi connectivity index (χ0n) is 5.36. The monoisotopic (exact) mass is 176 g/mol. The molecule has 48 valence electrons. The third kappa shape index (κ3) is 1.48. The zero-order valence-corrected chi connectivity index (χ0v) is 6.95. The first-order chi connectivity index (χ1) is 3.80. The minimum atomic E-state index is 0.755. The highest BCUT2D eigenvalue weighted by Crippen LogP contribution is 2.30. The fraction of sp³-hybridized carbons (Fsp3) is 1.00. The van der Waals surface area contributed by atoms with Gasteiger partial charge in [-0.25, -0.2) is 0 Å². The smallest absolute Gasteiger partial charge is 0.0145 e. The van der Waals surface area contributed by atoms with Gasteiger partial charge < -0.3 is 0 Å². The van der Waals surface area contributed by atoms with Gasteiger partial charge in [0, 0.05) is 4.83 Å². The van der Waals surface area contributed by atoms with E-state index in [-0.39, 0.29) is 0 Å². The number of rotatable bonds is 1. The van der Waals surface area contributed by atoms with Crippen LogP contribution >= 0.6 is 15.9 Å². The van der Waals surface area contributed by atoms with Gasteiger partial charge in [0.15, 0.2) is 0 Å². The van der Waals surface area contributed by atoms with Crippen molar-refractivity contribution >= 4 is 15.9 Å². The highest BCUT2D eigenvalue weighted by Gasteiger charge is 2.18. The molecule has 0 saturated heterocycles. The minimum Gasteiger partial charge on any atom is -0.0891 e. The lowest BCUT2D eigenvalue weighted by Crippen LogP contribution is -2.04. The highest BCUT2D eigenvalue weighted by atomic mass is 79.9. The van der Waals surface area contributed by atoms with Crippen LogP contribution < -0.4 is 0 Å². The van der Waals surface area contributed by atoms with Crippen molar-refractivity contribution in [3.63, 3.8) is 0 Å². The first-order valence-electron chi connectivity index (χ1n) is 3.45. The van der Waals surface area contributed by atoms with E-state index in [2.05, 4.69) is 22.9 Å². The summed E-state index contributed by atoms with van der Waals surface area (Å²) < 4.78 is 0. The van der Waals surface area contributed by atoms with Crippen LogP contribution in [0, 0.1) is 5.92 Å². The maximum atomic E-state index is 3.60. The van der Waals surface area contributed by atoms with Crippen LogP contribution in [0.25, 0.3) is 0 Å². The summed E-state index contributed by atoms with van der Waals surface area (Å²) >= 11 is 3.60. The van der Waals surface area contributed by atoms with Crippen LogP contribution in [0.4, 0.5) is 0 Å². The summed E-state index contributed by atoms with van der Waals surface area (Å²) in [4.78, 5) is 0.755. The molecule has 1 aliphatic carbocycles. The topological polar surface area (TPSA) is 0 Å². The summed E-state index contributed by atoms with van der Waals surface area (Å²) in [6, 6.07) is 0. The lowest BCUT2D eigenvalue weighted by atomic mass is 10.1. The van der Waals surface area contributed by atoms with E-state index < -0.39 is 0 Å². The minimum absolute atomic E-state index is 0.755. The van der Waals surface area contributed by atoms with E-state index in [0.29, 0.717) is 0 Å². The van der Waals surface area contributed by atoms with Gasteiger partial charge in [0.1, 0.15) is 0 Å². The van der Waals surface area contributed by atoms with Crippen molar-refractivity contribution in [2.24, 2.45) is 5.92 Å². The summed E-state index contributed by atoms with van der Waals surface area (Å²) in [7, 11) is 0. The molecule has 1 fully saturated rings. The average molecular weight is 177 g/mol. The lowest BCUT2D eigenvalue weighted by molar-refractivity contribution is 0.550. The molecule has 0 aromatic carbocycles. The standard InChI is InChI=1S/C7H13Br/c1-6(8)7-4-2-3-5-7/h6-7H,2-5H2,1H3. The SMILES string of the molecule is CC(Br)C1CCCC1. The molecule has 1 unspecified atom stereocenters. The molecule has 0 aromatic heterocycles. The molecule has 1 rings (SSSR count). The maximum absolute atomic E-state index is 3.60. The van der Waals surface area contributed by atoms with Crippen molar-refractivity contribution in [3.8, 4) is 0 Å². The van der Waals surface area contributed by atoms with Crippen molar-refractivity contribution in [3.05, 3.63) is 0 Å². The second-order valence-electron chi connectivity index (χ2n) is 2.72. The Morgan fingerprint density at radius 3 is 2.12 bits per heavy atom. The first-order valence-corrected chi connectivity index (χ1v) is 4.36. The second-order valence-corrected chi connectivity index (χ2v) is 4.17. The molecule has 0 nitrogen and oxygen atoms in total. The van der Waals surface area contributed by atoms with Gasteiger partial charge in [0.05, 0.1) is 0 Å². The van der Waals surface area contributed by atoms with Gasteiger partial charge in [0.2, 0.25) is 0 Å². The Kier molecular flexibility index (Phi) is 2.36. The number of alkyl halides is 1. The van der Waals surface area contributed by atoms with Crippen LogP contribution in [-0.4, -0.2) is 4.83 Å². The van der Waals surface area contributed by atoms with E-state index in [4.69, 9.17) is 0 Å². The molecular formula is C7H13Br. The highest BCUT2D eigenvalue weighted by molar-refractivity contribution is 9.09. The van der Waals surface area contributed by atoms with E-state index in [1.807, 2.05) is 0 Å². The fourth-order valence-electron chi connectivity index (χ4n) is 1.42. The molecule has 0 bridgehead atoms. The normalized spacial score (nSPS) is 26.2. The van der Waals surface area contributed by atoms with E-state index in [1.54, 1.807) is 0 Å². The fourth-order valence-corrected chi connectivity index (χ4v) is 1.95. The van der Waals surface area contributed by atoms with Gasteiger partial charge in [-0.1, -0.05) is 35.7 Å². The molecule has 0 heterocycles. The van der Waals surface area contributed by atoms with E-state index in [0.717, 1.165) is 10.7 Å². The Hall–Kier alpha value is 0.480. The van der Waals surface area contributed by atoms with Gasteiger partial charge in [-0.2, -0.15) is 0 Å².